The molecule has 8 heteroatoms. The van der Waals surface area contributed by atoms with Gasteiger partial charge in [-0.2, -0.15) is 5.26 Å². The quantitative estimate of drug-likeness (QED) is 0.906. The molecule has 0 saturated carbocycles. The van der Waals surface area contributed by atoms with E-state index in [1.807, 2.05) is 6.92 Å². The number of hydrogen-bond donors (Lipinski definition) is 1. The summed E-state index contributed by atoms with van der Waals surface area (Å²) in [6, 6.07) is 9.07. The zero-order valence-electron chi connectivity index (χ0n) is 13.0. The van der Waals surface area contributed by atoms with Gasteiger partial charge in [-0.1, -0.05) is 23.5 Å². The molecule has 24 heavy (non-hydrogen) atoms. The zero-order chi connectivity index (χ0) is 17.1. The van der Waals surface area contributed by atoms with Crippen molar-refractivity contribution in [3.8, 4) is 6.07 Å². The predicted octanol–water partition coefficient (Wildman–Crippen LogP) is 1.39. The van der Waals surface area contributed by atoms with Crippen LogP contribution in [0.4, 0.5) is 5.13 Å². The van der Waals surface area contributed by atoms with Crippen LogP contribution < -0.4 is 10.2 Å². The molecule has 1 aliphatic rings. The van der Waals surface area contributed by atoms with Gasteiger partial charge in [0, 0.05) is 19.5 Å². The van der Waals surface area contributed by atoms with E-state index in [9.17, 15) is 9.59 Å². The zero-order valence-corrected chi connectivity index (χ0v) is 13.8. The molecule has 2 amide bonds. The van der Waals surface area contributed by atoms with E-state index in [1.165, 1.54) is 16.2 Å². The average Bonchev–Trinajstić information content (AvgIpc) is 3.18. The molecule has 1 fully saturated rings. The molecule has 1 aromatic carbocycles. The Morgan fingerprint density at radius 2 is 2.17 bits per heavy atom. The van der Waals surface area contributed by atoms with E-state index >= 15 is 0 Å². The van der Waals surface area contributed by atoms with Crippen LogP contribution in [-0.2, 0) is 16.1 Å². The highest BCUT2D eigenvalue weighted by atomic mass is 32.1. The lowest BCUT2D eigenvalue weighted by Crippen LogP contribution is -2.32. The van der Waals surface area contributed by atoms with Gasteiger partial charge in [0.05, 0.1) is 17.6 Å². The molecule has 7 nitrogen and oxygen atoms in total. The Labute approximate surface area is 142 Å². The van der Waals surface area contributed by atoms with E-state index in [2.05, 4.69) is 21.6 Å². The molecular formula is C16H15N5O2S. The Bertz CT molecular complexity index is 809. The van der Waals surface area contributed by atoms with Gasteiger partial charge in [-0.3, -0.25) is 14.5 Å². The molecule has 1 saturated heterocycles. The number of carbonyl (C=O) groups excluding carboxylic acids is 2. The topological polar surface area (TPSA) is 99.0 Å². The molecule has 0 bridgehead atoms. The van der Waals surface area contributed by atoms with Crippen LogP contribution >= 0.6 is 11.3 Å². The number of nitrogens with one attached hydrogen (secondary N) is 1. The van der Waals surface area contributed by atoms with Crippen LogP contribution in [0, 0.1) is 24.2 Å². The third kappa shape index (κ3) is 3.41. The van der Waals surface area contributed by atoms with Crippen molar-refractivity contribution < 1.29 is 9.59 Å². The molecule has 3 rings (SSSR count). The van der Waals surface area contributed by atoms with Gasteiger partial charge in [-0.05, 0) is 24.6 Å². The van der Waals surface area contributed by atoms with E-state index in [0.29, 0.717) is 23.8 Å². The van der Waals surface area contributed by atoms with Crippen LogP contribution in [0.5, 0.6) is 0 Å². The van der Waals surface area contributed by atoms with Gasteiger partial charge in [-0.15, -0.1) is 10.2 Å². The molecule has 1 atom stereocenters. The second-order valence-electron chi connectivity index (χ2n) is 5.54. The molecule has 0 radical (unpaired) electrons. The largest absolute Gasteiger partial charge is 0.352 e. The SMILES string of the molecule is Cc1nnc(N2CC(C(=O)NCc3ccc(C#N)cc3)CC2=O)s1. The maximum atomic E-state index is 12.3. The number of amides is 2. The Balaban J connectivity index is 1.57. The number of nitrogens with zero attached hydrogens (tertiary/aromatic N) is 4. The first-order chi connectivity index (χ1) is 11.6. The van der Waals surface area contributed by atoms with Gasteiger partial charge in [0.25, 0.3) is 0 Å². The highest BCUT2D eigenvalue weighted by Crippen LogP contribution is 2.27. The molecule has 1 N–H and O–H groups in total. The average molecular weight is 341 g/mol. The summed E-state index contributed by atoms with van der Waals surface area (Å²) in [5.74, 6) is -0.652. The Morgan fingerprint density at radius 1 is 1.42 bits per heavy atom. The molecule has 1 aliphatic heterocycles. The normalized spacial score (nSPS) is 16.9. The standard InChI is InChI=1S/C16H15N5O2S/c1-10-19-20-16(24-10)21-9-13(6-14(21)22)15(23)18-8-12-4-2-11(7-17)3-5-12/h2-5,13H,6,8-9H2,1H3,(H,18,23). The minimum atomic E-state index is -0.389. The van der Waals surface area contributed by atoms with E-state index in [0.717, 1.165) is 10.6 Å². The number of aromatic nitrogens is 2. The number of nitriles is 1. The highest BCUT2D eigenvalue weighted by molar-refractivity contribution is 7.15. The smallest absolute Gasteiger partial charge is 0.229 e. The lowest BCUT2D eigenvalue weighted by atomic mass is 10.1. The van der Waals surface area contributed by atoms with Crippen molar-refractivity contribution >= 4 is 28.3 Å². The fourth-order valence-electron chi connectivity index (χ4n) is 2.49. The Kier molecular flexibility index (Phi) is 4.53. The molecule has 2 aromatic rings. The van der Waals surface area contributed by atoms with Crippen LogP contribution in [0.1, 0.15) is 22.6 Å². The fraction of sp³-hybridized carbons (Fsp3) is 0.312. The number of benzene rings is 1. The third-order valence-electron chi connectivity index (χ3n) is 3.79. The molecule has 1 aromatic heterocycles. The summed E-state index contributed by atoms with van der Waals surface area (Å²) in [7, 11) is 0. The molecular weight excluding hydrogens is 326 g/mol. The van der Waals surface area contributed by atoms with E-state index in [1.54, 1.807) is 24.3 Å². The number of rotatable bonds is 4. The second kappa shape index (κ2) is 6.76. The van der Waals surface area contributed by atoms with Crippen LogP contribution in [0.15, 0.2) is 24.3 Å². The van der Waals surface area contributed by atoms with Crippen molar-refractivity contribution in [2.45, 2.75) is 19.9 Å². The summed E-state index contributed by atoms with van der Waals surface area (Å²) in [5, 5.41) is 20.8. The number of carbonyl (C=O) groups is 2. The van der Waals surface area contributed by atoms with Crippen molar-refractivity contribution in [3.63, 3.8) is 0 Å². The fourth-order valence-corrected chi connectivity index (χ4v) is 3.21. The number of aryl methyl sites for hydroxylation is 1. The first-order valence-electron chi connectivity index (χ1n) is 7.44. The van der Waals surface area contributed by atoms with Gasteiger partial charge in [0.15, 0.2) is 0 Å². The second-order valence-corrected chi connectivity index (χ2v) is 6.70. The van der Waals surface area contributed by atoms with Gasteiger partial charge >= 0.3 is 0 Å². The predicted molar refractivity (Wildman–Crippen MR) is 88.1 cm³/mol. The van der Waals surface area contributed by atoms with E-state index in [-0.39, 0.29) is 24.2 Å². The van der Waals surface area contributed by atoms with Gasteiger partial charge < -0.3 is 5.32 Å². The number of anilines is 1. The summed E-state index contributed by atoms with van der Waals surface area (Å²) in [6.07, 6.45) is 0.178. The monoisotopic (exact) mass is 341 g/mol. The van der Waals surface area contributed by atoms with Crippen molar-refractivity contribution in [3.05, 3.63) is 40.4 Å². The molecule has 1 unspecified atom stereocenters. The summed E-state index contributed by atoms with van der Waals surface area (Å²) in [5.41, 5.74) is 1.48. The van der Waals surface area contributed by atoms with Gasteiger partial charge in [-0.25, -0.2) is 0 Å². The maximum Gasteiger partial charge on any atom is 0.229 e. The number of hydrogen-bond acceptors (Lipinski definition) is 6. The van der Waals surface area contributed by atoms with Crippen LogP contribution in [0.2, 0.25) is 0 Å². The minimum absolute atomic E-state index is 0.107. The summed E-state index contributed by atoms with van der Waals surface area (Å²) < 4.78 is 0. The minimum Gasteiger partial charge on any atom is -0.352 e. The lowest BCUT2D eigenvalue weighted by molar-refractivity contribution is -0.126. The third-order valence-corrected chi connectivity index (χ3v) is 4.65. The van der Waals surface area contributed by atoms with Crippen LogP contribution in [0.3, 0.4) is 0 Å². The Hall–Kier alpha value is -2.79. The first-order valence-corrected chi connectivity index (χ1v) is 8.25. The molecule has 2 heterocycles. The maximum absolute atomic E-state index is 12.3. The summed E-state index contributed by atoms with van der Waals surface area (Å²) in [4.78, 5) is 25.9. The highest BCUT2D eigenvalue weighted by Gasteiger charge is 2.36. The first kappa shape index (κ1) is 16.1. The molecule has 0 spiro atoms. The lowest BCUT2D eigenvalue weighted by Gasteiger charge is -2.12. The van der Waals surface area contributed by atoms with Gasteiger partial charge in [0.1, 0.15) is 5.01 Å². The Morgan fingerprint density at radius 3 is 2.79 bits per heavy atom. The molecule has 122 valence electrons. The van der Waals surface area contributed by atoms with Crippen molar-refractivity contribution in [1.29, 1.82) is 5.26 Å². The van der Waals surface area contributed by atoms with Crippen molar-refractivity contribution in [2.24, 2.45) is 5.92 Å². The van der Waals surface area contributed by atoms with Crippen molar-refractivity contribution in [1.82, 2.24) is 15.5 Å². The van der Waals surface area contributed by atoms with E-state index in [4.69, 9.17) is 5.26 Å². The molecule has 0 aliphatic carbocycles. The summed E-state index contributed by atoms with van der Waals surface area (Å²) in [6.45, 7) is 2.52. The van der Waals surface area contributed by atoms with E-state index < -0.39 is 0 Å². The van der Waals surface area contributed by atoms with Crippen LogP contribution in [-0.4, -0.2) is 28.6 Å². The van der Waals surface area contributed by atoms with Gasteiger partial charge in [0.2, 0.25) is 16.9 Å². The van der Waals surface area contributed by atoms with Crippen LogP contribution in [0.25, 0.3) is 0 Å². The summed E-state index contributed by atoms with van der Waals surface area (Å²) >= 11 is 1.34. The van der Waals surface area contributed by atoms with Crippen molar-refractivity contribution in [2.75, 3.05) is 11.4 Å².